The number of carbonyl (C=O) groups excluding carboxylic acids is 1. The zero-order valence-corrected chi connectivity index (χ0v) is 20.3. The molecule has 10 nitrogen and oxygen atoms in total. The third-order valence-corrected chi connectivity index (χ3v) is 6.32. The predicted octanol–water partition coefficient (Wildman–Crippen LogP) is 2.85. The molecule has 2 aromatic rings. The van der Waals surface area contributed by atoms with Gasteiger partial charge in [0.1, 0.15) is 23.8 Å². The number of H-pyrrole nitrogens is 1. The van der Waals surface area contributed by atoms with Crippen molar-refractivity contribution in [1.82, 2.24) is 14.6 Å². The van der Waals surface area contributed by atoms with Crippen molar-refractivity contribution in [1.29, 1.82) is 0 Å². The third-order valence-electron chi connectivity index (χ3n) is 4.96. The lowest BCUT2D eigenvalue weighted by molar-refractivity contribution is -0.149. The van der Waals surface area contributed by atoms with E-state index in [1.807, 2.05) is 6.92 Å². The second-order valence-electron chi connectivity index (χ2n) is 8.31. The molecule has 1 aliphatic heterocycles. The van der Waals surface area contributed by atoms with E-state index in [0.717, 1.165) is 0 Å². The number of halogens is 1. The Morgan fingerprint density at radius 3 is 2.62 bits per heavy atom. The van der Waals surface area contributed by atoms with Crippen LogP contribution in [-0.4, -0.2) is 40.4 Å². The van der Waals surface area contributed by atoms with Crippen molar-refractivity contribution in [2.24, 2.45) is 5.92 Å². The molecule has 186 valence electrons. The number of rotatable bonds is 10. The van der Waals surface area contributed by atoms with E-state index in [9.17, 15) is 18.8 Å². The Kier molecular flexibility index (Phi) is 8.96. The average Bonchev–Trinajstić information content (AvgIpc) is 3.13. The van der Waals surface area contributed by atoms with E-state index in [4.69, 9.17) is 18.5 Å². The summed E-state index contributed by atoms with van der Waals surface area (Å²) in [5.74, 6) is -0.523. The van der Waals surface area contributed by atoms with Crippen molar-refractivity contribution in [3.05, 3.63) is 63.2 Å². The Balaban J connectivity index is 1.65. The minimum Gasteiger partial charge on any atom is -0.462 e. The molecule has 0 saturated carbocycles. The van der Waals surface area contributed by atoms with Crippen LogP contribution in [0.25, 0.3) is 0 Å². The summed E-state index contributed by atoms with van der Waals surface area (Å²) in [6.07, 6.45) is 0.805. The molecule has 3 rings (SSSR count). The Bertz CT molecular complexity index is 1080. The van der Waals surface area contributed by atoms with Crippen LogP contribution in [0, 0.1) is 11.7 Å². The number of carbonyl (C=O) groups is 1. The second-order valence-corrected chi connectivity index (χ2v) is 9.53. The predicted molar refractivity (Wildman–Crippen MR) is 123 cm³/mol. The highest BCUT2D eigenvalue weighted by Gasteiger charge is 2.35. The highest BCUT2D eigenvalue weighted by atomic mass is 31.2. The van der Waals surface area contributed by atoms with Crippen molar-refractivity contribution in [2.45, 2.75) is 58.6 Å². The lowest BCUT2D eigenvalue weighted by Gasteiger charge is -2.23. The van der Waals surface area contributed by atoms with Gasteiger partial charge < -0.3 is 18.5 Å². The lowest BCUT2D eigenvalue weighted by atomic mass is 10.1. The van der Waals surface area contributed by atoms with Crippen LogP contribution in [0.1, 0.15) is 40.3 Å². The summed E-state index contributed by atoms with van der Waals surface area (Å²) in [4.78, 5) is 37.9. The SMILES string of the molecule is CC(C)OC(=O)C(C)NP(OCC1CC(C)C(n2ccc(=O)[nH]c2=O)O1)Oc1ccc(F)cc1. The molecule has 0 bridgehead atoms. The molecule has 1 aliphatic rings. The zero-order chi connectivity index (χ0) is 24.8. The average molecular weight is 497 g/mol. The molecule has 1 fully saturated rings. The molecule has 0 radical (unpaired) electrons. The Morgan fingerprint density at radius 1 is 1.26 bits per heavy atom. The molecule has 1 aromatic carbocycles. The van der Waals surface area contributed by atoms with Gasteiger partial charge in [0.05, 0.1) is 18.8 Å². The number of hydrogen-bond acceptors (Lipinski definition) is 8. The van der Waals surface area contributed by atoms with Crippen molar-refractivity contribution < 1.29 is 27.7 Å². The summed E-state index contributed by atoms with van der Waals surface area (Å²) >= 11 is 0. The van der Waals surface area contributed by atoms with Crippen LogP contribution in [0.4, 0.5) is 4.39 Å². The summed E-state index contributed by atoms with van der Waals surface area (Å²) < 4.78 is 37.6. The van der Waals surface area contributed by atoms with Crippen molar-refractivity contribution in [3.8, 4) is 5.75 Å². The molecule has 1 aromatic heterocycles. The lowest BCUT2D eigenvalue weighted by Crippen LogP contribution is -2.35. The molecule has 34 heavy (non-hydrogen) atoms. The molecule has 5 atom stereocenters. The molecular weight excluding hydrogens is 468 g/mol. The van der Waals surface area contributed by atoms with Crippen LogP contribution in [0.15, 0.2) is 46.1 Å². The van der Waals surface area contributed by atoms with Gasteiger partial charge in [-0.3, -0.25) is 19.1 Å². The van der Waals surface area contributed by atoms with Crippen LogP contribution in [0.2, 0.25) is 0 Å². The number of aromatic amines is 1. The fraction of sp³-hybridized carbons (Fsp3) is 0.500. The number of esters is 1. The first-order chi connectivity index (χ1) is 16.1. The number of nitrogens with one attached hydrogen (secondary N) is 2. The fourth-order valence-electron chi connectivity index (χ4n) is 3.37. The van der Waals surface area contributed by atoms with E-state index in [2.05, 4.69) is 10.1 Å². The summed E-state index contributed by atoms with van der Waals surface area (Å²) in [7, 11) is -1.82. The normalized spacial score (nSPS) is 21.9. The smallest absolute Gasteiger partial charge is 0.330 e. The number of nitrogens with zero attached hydrogens (tertiary/aromatic N) is 1. The van der Waals surface area contributed by atoms with Crippen LogP contribution in [0.5, 0.6) is 5.75 Å². The van der Waals surface area contributed by atoms with E-state index < -0.39 is 43.8 Å². The highest BCUT2D eigenvalue weighted by molar-refractivity contribution is 7.45. The van der Waals surface area contributed by atoms with Gasteiger partial charge in [0, 0.05) is 18.2 Å². The molecule has 1 saturated heterocycles. The van der Waals surface area contributed by atoms with Crippen molar-refractivity contribution in [3.63, 3.8) is 0 Å². The van der Waals surface area contributed by atoms with Crippen LogP contribution in [0.3, 0.4) is 0 Å². The van der Waals surface area contributed by atoms with E-state index in [1.54, 1.807) is 20.8 Å². The summed E-state index contributed by atoms with van der Waals surface area (Å²) in [5, 5.41) is 2.98. The molecule has 0 spiro atoms. The quantitative estimate of drug-likeness (QED) is 0.380. The number of ether oxygens (including phenoxy) is 2. The van der Waals surface area contributed by atoms with E-state index in [-0.39, 0.29) is 24.7 Å². The molecule has 12 heteroatoms. The van der Waals surface area contributed by atoms with Gasteiger partial charge in [-0.1, -0.05) is 6.92 Å². The molecule has 5 unspecified atom stereocenters. The second kappa shape index (κ2) is 11.7. The number of benzene rings is 1. The number of hydrogen-bond donors (Lipinski definition) is 2. The third kappa shape index (κ3) is 7.20. The highest BCUT2D eigenvalue weighted by Crippen LogP contribution is 2.39. The van der Waals surface area contributed by atoms with E-state index in [1.165, 1.54) is 41.1 Å². The first-order valence-electron chi connectivity index (χ1n) is 10.9. The topological polar surface area (TPSA) is 121 Å². The minimum absolute atomic E-state index is 0.0191. The Morgan fingerprint density at radius 2 is 1.97 bits per heavy atom. The first kappa shape index (κ1) is 26.0. The molecular formula is C22H29FN3O7P. The maximum Gasteiger partial charge on any atom is 0.330 e. The summed E-state index contributed by atoms with van der Waals surface area (Å²) in [5.41, 5.74) is -1.03. The largest absolute Gasteiger partial charge is 0.462 e. The summed E-state index contributed by atoms with van der Waals surface area (Å²) in [6.45, 7) is 7.18. The molecule has 0 amide bonds. The number of aromatic nitrogens is 2. The van der Waals surface area contributed by atoms with Crippen molar-refractivity contribution in [2.75, 3.05) is 6.61 Å². The molecule has 2 N–H and O–H groups in total. The molecule has 0 aliphatic carbocycles. The first-order valence-corrected chi connectivity index (χ1v) is 12.1. The van der Waals surface area contributed by atoms with Gasteiger partial charge in [0.2, 0.25) is 0 Å². The van der Waals surface area contributed by atoms with Gasteiger partial charge in [0.25, 0.3) is 5.56 Å². The Labute approximate surface area is 197 Å². The van der Waals surface area contributed by atoms with Gasteiger partial charge in [-0.2, -0.15) is 0 Å². The van der Waals surface area contributed by atoms with Gasteiger partial charge in [-0.05, 0) is 51.5 Å². The van der Waals surface area contributed by atoms with Crippen molar-refractivity contribution >= 4 is 14.5 Å². The van der Waals surface area contributed by atoms with Gasteiger partial charge in [0.15, 0.2) is 0 Å². The van der Waals surface area contributed by atoms with Gasteiger partial charge in [-0.15, -0.1) is 0 Å². The van der Waals surface area contributed by atoms with Crippen LogP contribution < -0.4 is 20.9 Å². The molecule has 2 heterocycles. The zero-order valence-electron chi connectivity index (χ0n) is 19.4. The van der Waals surface area contributed by atoms with Gasteiger partial charge >= 0.3 is 20.2 Å². The van der Waals surface area contributed by atoms with Crippen LogP contribution >= 0.6 is 8.53 Å². The summed E-state index contributed by atoms with van der Waals surface area (Å²) in [6, 6.07) is 5.98. The maximum atomic E-state index is 13.3. The minimum atomic E-state index is -1.82. The maximum absolute atomic E-state index is 13.3. The van der Waals surface area contributed by atoms with E-state index in [0.29, 0.717) is 12.2 Å². The van der Waals surface area contributed by atoms with Crippen LogP contribution in [-0.2, 0) is 18.8 Å². The van der Waals surface area contributed by atoms with E-state index >= 15 is 0 Å². The Hall–Kier alpha value is -2.59. The fourth-order valence-corrected chi connectivity index (χ4v) is 4.59. The van der Waals surface area contributed by atoms with Gasteiger partial charge in [-0.25, -0.2) is 14.3 Å². The standard InChI is InChI=1S/C22H29FN3O7P/c1-13(2)31-21(28)15(4)25-34(33-17-7-5-16(23)6-8-17)30-12-18-11-14(3)20(32-18)26-10-9-19(27)24-22(26)29/h5-10,13-15,18,20,25H,11-12H2,1-4H3,(H,24,27,29). The monoisotopic (exact) mass is 497 g/mol.